The number of carbonyl (C=O) groups is 3. The zero-order chi connectivity index (χ0) is 26.7. The summed E-state index contributed by atoms with van der Waals surface area (Å²) >= 11 is 0. The predicted octanol–water partition coefficient (Wildman–Crippen LogP) is 3.05. The third kappa shape index (κ3) is 5.85. The number of benzene rings is 2. The lowest BCUT2D eigenvalue weighted by atomic mass is 9.81. The molecule has 0 spiro atoms. The van der Waals surface area contributed by atoms with Gasteiger partial charge < -0.3 is 20.0 Å². The van der Waals surface area contributed by atoms with Crippen molar-refractivity contribution in [1.82, 2.24) is 14.7 Å². The number of nitrogens with zero attached hydrogens (tertiary/aromatic N) is 3. The summed E-state index contributed by atoms with van der Waals surface area (Å²) in [5, 5.41) is 20.0. The summed E-state index contributed by atoms with van der Waals surface area (Å²) in [6.45, 7) is 4.11. The molecule has 196 valence electrons. The maximum Gasteiger partial charge on any atom is 0.408 e. The molecular formula is C29H35N3O5. The Morgan fingerprint density at radius 2 is 1.76 bits per heavy atom. The highest BCUT2D eigenvalue weighted by molar-refractivity contribution is 6.04. The second kappa shape index (κ2) is 11.2. The van der Waals surface area contributed by atoms with Crippen LogP contribution in [0.5, 0.6) is 0 Å². The minimum absolute atomic E-state index is 0.133. The Morgan fingerprint density at radius 1 is 1.05 bits per heavy atom. The van der Waals surface area contributed by atoms with Crippen molar-refractivity contribution in [3.8, 4) is 0 Å². The van der Waals surface area contributed by atoms with Gasteiger partial charge in [-0.05, 0) is 48.4 Å². The molecule has 1 saturated heterocycles. The Morgan fingerprint density at radius 3 is 2.41 bits per heavy atom. The van der Waals surface area contributed by atoms with E-state index in [9.17, 15) is 24.6 Å². The highest BCUT2D eigenvalue weighted by Gasteiger charge is 2.47. The van der Waals surface area contributed by atoms with E-state index in [1.165, 1.54) is 11.8 Å². The standard InChI is InChI=1S/C29H35N3O5/c1-19(33)14-22-10-7-11-23(15-22)25-16-24-17-31(20(2)34)18-26(32(24)29(36)37)27(25)28(35)30(3)13-12-21-8-5-4-6-9-21/h4-11,15,19,24,26,33H,12-14,16-18H2,1-3H3,(H,36,37). The molecule has 8 nitrogen and oxygen atoms in total. The van der Waals surface area contributed by atoms with Crippen LogP contribution in [0.3, 0.4) is 0 Å². The molecule has 3 amide bonds. The minimum Gasteiger partial charge on any atom is -0.465 e. The minimum atomic E-state index is -1.09. The van der Waals surface area contributed by atoms with Gasteiger partial charge in [-0.1, -0.05) is 54.6 Å². The molecule has 0 aliphatic carbocycles. The molecule has 0 saturated carbocycles. The van der Waals surface area contributed by atoms with Crippen molar-refractivity contribution in [2.75, 3.05) is 26.7 Å². The number of aliphatic hydroxyl groups excluding tert-OH is 1. The molecule has 4 rings (SSSR count). The van der Waals surface area contributed by atoms with Crippen LogP contribution >= 0.6 is 0 Å². The summed E-state index contributed by atoms with van der Waals surface area (Å²) in [6, 6.07) is 16.5. The van der Waals surface area contributed by atoms with E-state index in [0.29, 0.717) is 37.9 Å². The van der Waals surface area contributed by atoms with E-state index in [4.69, 9.17) is 0 Å². The largest absolute Gasteiger partial charge is 0.465 e. The summed E-state index contributed by atoms with van der Waals surface area (Å²) in [7, 11) is 1.74. The highest BCUT2D eigenvalue weighted by Crippen LogP contribution is 2.39. The molecule has 2 aromatic carbocycles. The summed E-state index contributed by atoms with van der Waals surface area (Å²) in [6.07, 6.45) is -0.110. The molecule has 1 fully saturated rings. The monoisotopic (exact) mass is 505 g/mol. The van der Waals surface area contributed by atoms with E-state index >= 15 is 0 Å². The first kappa shape index (κ1) is 26.4. The number of aliphatic hydroxyl groups is 1. The van der Waals surface area contributed by atoms with Crippen LogP contribution in [0.25, 0.3) is 5.57 Å². The lowest BCUT2D eigenvalue weighted by Crippen LogP contribution is -2.64. The Hall–Kier alpha value is -3.65. The predicted molar refractivity (Wildman–Crippen MR) is 141 cm³/mol. The van der Waals surface area contributed by atoms with Crippen LogP contribution in [0.2, 0.25) is 0 Å². The molecule has 2 bridgehead atoms. The van der Waals surface area contributed by atoms with Crippen LogP contribution in [0.4, 0.5) is 4.79 Å². The lowest BCUT2D eigenvalue weighted by molar-refractivity contribution is -0.134. The normalized spacial score (nSPS) is 20.0. The number of hydrogen-bond donors (Lipinski definition) is 2. The van der Waals surface area contributed by atoms with Gasteiger partial charge in [0, 0.05) is 39.2 Å². The average molecular weight is 506 g/mol. The highest BCUT2D eigenvalue weighted by atomic mass is 16.4. The lowest BCUT2D eigenvalue weighted by Gasteiger charge is -2.50. The fourth-order valence-corrected chi connectivity index (χ4v) is 5.48. The Balaban J connectivity index is 1.76. The van der Waals surface area contributed by atoms with Crippen molar-refractivity contribution in [1.29, 1.82) is 0 Å². The molecule has 2 heterocycles. The number of amides is 3. The molecule has 2 N–H and O–H groups in total. The topological polar surface area (TPSA) is 101 Å². The number of carboxylic acid groups (broad SMARTS) is 1. The molecule has 8 heteroatoms. The number of piperazine rings is 1. The first-order valence-electron chi connectivity index (χ1n) is 12.7. The second-order valence-electron chi connectivity index (χ2n) is 10.1. The van der Waals surface area contributed by atoms with E-state index in [2.05, 4.69) is 0 Å². The van der Waals surface area contributed by atoms with Gasteiger partial charge in [-0.3, -0.25) is 14.5 Å². The summed E-state index contributed by atoms with van der Waals surface area (Å²) < 4.78 is 0. The van der Waals surface area contributed by atoms with Gasteiger partial charge in [0.2, 0.25) is 5.91 Å². The van der Waals surface area contributed by atoms with Crippen LogP contribution in [-0.4, -0.2) is 87.7 Å². The van der Waals surface area contributed by atoms with Crippen LogP contribution in [0.15, 0.2) is 60.2 Å². The molecule has 3 unspecified atom stereocenters. The van der Waals surface area contributed by atoms with Crippen LogP contribution in [0, 0.1) is 0 Å². The molecule has 2 aliphatic rings. The van der Waals surface area contributed by atoms with Crippen molar-refractivity contribution in [2.24, 2.45) is 0 Å². The Labute approximate surface area is 217 Å². The number of fused-ring (bicyclic) bond motifs is 2. The number of carbonyl (C=O) groups excluding carboxylic acids is 2. The molecular weight excluding hydrogens is 470 g/mol. The fraction of sp³-hybridized carbons (Fsp3) is 0.414. The number of hydrogen-bond acceptors (Lipinski definition) is 4. The second-order valence-corrected chi connectivity index (χ2v) is 10.1. The average Bonchev–Trinajstić information content (AvgIpc) is 2.86. The zero-order valence-electron chi connectivity index (χ0n) is 21.6. The first-order valence-corrected chi connectivity index (χ1v) is 12.7. The molecule has 0 radical (unpaired) electrons. The van der Waals surface area contributed by atoms with Crippen molar-refractivity contribution in [3.05, 3.63) is 76.9 Å². The zero-order valence-corrected chi connectivity index (χ0v) is 21.6. The van der Waals surface area contributed by atoms with Gasteiger partial charge in [-0.25, -0.2) is 4.79 Å². The Kier molecular flexibility index (Phi) is 7.97. The van der Waals surface area contributed by atoms with Gasteiger partial charge in [0.15, 0.2) is 0 Å². The summed E-state index contributed by atoms with van der Waals surface area (Å²) in [5.41, 5.74) is 4.15. The van der Waals surface area contributed by atoms with Crippen LogP contribution in [0.1, 0.15) is 37.0 Å². The van der Waals surface area contributed by atoms with Crippen molar-refractivity contribution >= 4 is 23.5 Å². The Bertz CT molecular complexity index is 1190. The first-order chi connectivity index (χ1) is 17.7. The van der Waals surface area contributed by atoms with E-state index in [1.54, 1.807) is 23.8 Å². The van der Waals surface area contributed by atoms with Gasteiger partial charge >= 0.3 is 6.09 Å². The van der Waals surface area contributed by atoms with Gasteiger partial charge in [0.05, 0.1) is 18.2 Å². The van der Waals surface area contributed by atoms with E-state index < -0.39 is 24.3 Å². The van der Waals surface area contributed by atoms with Crippen molar-refractivity contribution in [3.63, 3.8) is 0 Å². The van der Waals surface area contributed by atoms with Gasteiger partial charge in [-0.15, -0.1) is 0 Å². The maximum absolute atomic E-state index is 14.0. The molecule has 2 aliphatic heterocycles. The van der Waals surface area contributed by atoms with E-state index in [0.717, 1.165) is 22.3 Å². The third-order valence-electron chi connectivity index (χ3n) is 7.28. The smallest absolute Gasteiger partial charge is 0.408 e. The maximum atomic E-state index is 14.0. The van der Waals surface area contributed by atoms with Gasteiger partial charge in [0.1, 0.15) is 0 Å². The van der Waals surface area contributed by atoms with Crippen molar-refractivity contribution in [2.45, 2.75) is 51.3 Å². The quantitative estimate of drug-likeness (QED) is 0.602. The molecule has 37 heavy (non-hydrogen) atoms. The number of likely N-dealkylation sites (N-methyl/N-ethyl adjacent to an activating group) is 1. The van der Waals surface area contributed by atoms with Crippen LogP contribution in [-0.2, 0) is 22.4 Å². The summed E-state index contributed by atoms with van der Waals surface area (Å²) in [5.74, 6) is -0.362. The van der Waals surface area contributed by atoms with Crippen molar-refractivity contribution < 1.29 is 24.6 Å². The molecule has 0 aromatic heterocycles. The van der Waals surface area contributed by atoms with E-state index in [1.807, 2.05) is 54.6 Å². The van der Waals surface area contributed by atoms with Crippen LogP contribution < -0.4 is 0 Å². The van der Waals surface area contributed by atoms with E-state index in [-0.39, 0.29) is 18.4 Å². The molecule has 2 aromatic rings. The van der Waals surface area contributed by atoms with Gasteiger partial charge in [-0.2, -0.15) is 0 Å². The van der Waals surface area contributed by atoms with Gasteiger partial charge in [0.25, 0.3) is 5.91 Å². The SMILES string of the molecule is CC(=O)N1CC2CC(c3cccc(CC(C)O)c3)=C(C(=O)N(C)CCc3ccccc3)C(C1)N2C(=O)O. The number of rotatable bonds is 7. The summed E-state index contributed by atoms with van der Waals surface area (Å²) in [4.78, 5) is 43.3. The fourth-order valence-electron chi connectivity index (χ4n) is 5.48. The third-order valence-corrected chi connectivity index (χ3v) is 7.28. The molecule has 3 atom stereocenters.